The minimum absolute atomic E-state index is 0.228. The Balaban J connectivity index is 1.51. The molecule has 140 valence electrons. The predicted octanol–water partition coefficient (Wildman–Crippen LogP) is 6.07. The van der Waals surface area contributed by atoms with E-state index in [2.05, 4.69) is 15.4 Å². The third-order valence-electron chi connectivity index (χ3n) is 3.83. The van der Waals surface area contributed by atoms with Gasteiger partial charge in [0.15, 0.2) is 0 Å². The van der Waals surface area contributed by atoms with Crippen molar-refractivity contribution in [3.8, 4) is 11.3 Å². The highest BCUT2D eigenvalue weighted by atomic mass is 35.5. The van der Waals surface area contributed by atoms with E-state index >= 15 is 0 Å². The van der Waals surface area contributed by atoms with Crippen LogP contribution in [-0.2, 0) is 4.79 Å². The highest BCUT2D eigenvalue weighted by Gasteiger charge is 2.12. The van der Waals surface area contributed by atoms with Crippen molar-refractivity contribution >= 4 is 69.0 Å². The lowest BCUT2D eigenvalue weighted by Gasteiger charge is -1.99. The third-order valence-corrected chi connectivity index (χ3v) is 5.63. The standard InChI is InChI=1S/C19H11Cl3N4OS/c20-13-5-3-12(4-6-13)16-10-28-19-24-18(25-26(16)19)23-17(27)8-2-11-1-7-14(21)15(22)9-11/h1-10H,(H,23,25,27)/b8-2+. The van der Waals surface area contributed by atoms with Gasteiger partial charge in [-0.05, 0) is 35.9 Å². The highest BCUT2D eigenvalue weighted by Crippen LogP contribution is 2.27. The van der Waals surface area contributed by atoms with E-state index in [4.69, 9.17) is 34.8 Å². The Morgan fingerprint density at radius 2 is 1.86 bits per heavy atom. The van der Waals surface area contributed by atoms with E-state index in [1.54, 1.807) is 28.8 Å². The van der Waals surface area contributed by atoms with Gasteiger partial charge in [-0.1, -0.05) is 53.0 Å². The zero-order valence-corrected chi connectivity index (χ0v) is 17.1. The Hall–Kier alpha value is -2.38. The summed E-state index contributed by atoms with van der Waals surface area (Å²) in [5, 5.41) is 10.5. The second-order valence-electron chi connectivity index (χ2n) is 5.75. The van der Waals surface area contributed by atoms with Gasteiger partial charge in [-0.15, -0.1) is 16.4 Å². The Morgan fingerprint density at radius 3 is 2.61 bits per heavy atom. The molecule has 4 rings (SSSR count). The van der Waals surface area contributed by atoms with Gasteiger partial charge in [0.1, 0.15) is 0 Å². The number of rotatable bonds is 4. The van der Waals surface area contributed by atoms with Crippen LogP contribution >= 0.6 is 46.1 Å². The van der Waals surface area contributed by atoms with Gasteiger partial charge in [0.2, 0.25) is 4.96 Å². The largest absolute Gasteiger partial charge is 0.290 e. The van der Waals surface area contributed by atoms with Crippen molar-refractivity contribution < 1.29 is 4.79 Å². The molecule has 0 aliphatic heterocycles. The molecule has 0 aliphatic rings. The van der Waals surface area contributed by atoms with E-state index in [0.29, 0.717) is 20.0 Å². The molecule has 28 heavy (non-hydrogen) atoms. The quantitative estimate of drug-likeness (QED) is 0.385. The molecule has 1 N–H and O–H groups in total. The molecule has 0 spiro atoms. The van der Waals surface area contributed by atoms with Crippen molar-refractivity contribution in [1.82, 2.24) is 14.6 Å². The maximum atomic E-state index is 12.2. The summed E-state index contributed by atoms with van der Waals surface area (Å²) >= 11 is 19.2. The summed E-state index contributed by atoms with van der Waals surface area (Å²) in [6.07, 6.45) is 3.02. The van der Waals surface area contributed by atoms with Crippen LogP contribution in [0.3, 0.4) is 0 Å². The lowest BCUT2D eigenvalue weighted by atomic mass is 10.2. The van der Waals surface area contributed by atoms with Crippen molar-refractivity contribution in [2.75, 3.05) is 5.32 Å². The summed E-state index contributed by atoms with van der Waals surface area (Å²) < 4.78 is 1.69. The number of aromatic nitrogens is 3. The predicted molar refractivity (Wildman–Crippen MR) is 115 cm³/mol. The fraction of sp³-hybridized carbons (Fsp3) is 0. The fourth-order valence-electron chi connectivity index (χ4n) is 2.49. The Labute approximate surface area is 179 Å². The number of halogens is 3. The van der Waals surface area contributed by atoms with Crippen LogP contribution in [0.5, 0.6) is 0 Å². The third kappa shape index (κ3) is 4.05. The number of nitrogens with zero attached hydrogens (tertiary/aromatic N) is 3. The molecule has 0 unspecified atom stereocenters. The Morgan fingerprint density at radius 1 is 1.07 bits per heavy atom. The molecule has 2 aromatic heterocycles. The first-order chi connectivity index (χ1) is 13.5. The maximum Gasteiger partial charge on any atom is 0.250 e. The molecule has 2 heterocycles. The number of carbonyl (C=O) groups is 1. The van der Waals surface area contributed by atoms with Crippen LogP contribution in [0, 0.1) is 0 Å². The summed E-state index contributed by atoms with van der Waals surface area (Å²) in [6.45, 7) is 0. The lowest BCUT2D eigenvalue weighted by Crippen LogP contribution is -2.09. The number of anilines is 1. The summed E-state index contributed by atoms with van der Waals surface area (Å²) in [5.74, 6) is -0.122. The average molecular weight is 450 g/mol. The van der Waals surface area contributed by atoms with Gasteiger partial charge < -0.3 is 0 Å². The highest BCUT2D eigenvalue weighted by molar-refractivity contribution is 7.15. The van der Waals surface area contributed by atoms with Crippen LogP contribution < -0.4 is 5.32 Å². The Kier molecular flexibility index (Phi) is 5.37. The second-order valence-corrected chi connectivity index (χ2v) is 7.84. The van der Waals surface area contributed by atoms with Crippen molar-refractivity contribution in [3.05, 3.63) is 74.6 Å². The molecule has 0 atom stereocenters. The van der Waals surface area contributed by atoms with Gasteiger partial charge >= 0.3 is 0 Å². The second kappa shape index (κ2) is 7.93. The van der Waals surface area contributed by atoms with E-state index in [1.807, 2.05) is 29.6 Å². The topological polar surface area (TPSA) is 59.3 Å². The summed E-state index contributed by atoms with van der Waals surface area (Å²) in [5.41, 5.74) is 2.59. The van der Waals surface area contributed by atoms with Gasteiger partial charge in [-0.25, -0.2) is 4.52 Å². The number of benzene rings is 2. The number of carbonyl (C=O) groups excluding carboxylic acids is 1. The average Bonchev–Trinajstić information content (AvgIpc) is 3.23. The fourth-order valence-corrected chi connectivity index (χ4v) is 3.76. The Bertz CT molecular complexity index is 1200. The molecule has 0 fully saturated rings. The normalized spacial score (nSPS) is 11.4. The molecular weight excluding hydrogens is 439 g/mol. The van der Waals surface area contributed by atoms with E-state index in [9.17, 15) is 4.79 Å². The first kappa shape index (κ1) is 19.0. The van der Waals surface area contributed by atoms with Crippen LogP contribution in [-0.4, -0.2) is 20.5 Å². The molecular formula is C19H11Cl3N4OS. The lowest BCUT2D eigenvalue weighted by molar-refractivity contribution is -0.111. The smallest absolute Gasteiger partial charge is 0.250 e. The van der Waals surface area contributed by atoms with Crippen molar-refractivity contribution in [1.29, 1.82) is 0 Å². The SMILES string of the molecule is O=C(/C=C/c1ccc(Cl)c(Cl)c1)Nc1nc2scc(-c3ccc(Cl)cc3)n2n1. The number of amides is 1. The molecule has 2 aromatic carbocycles. The van der Waals surface area contributed by atoms with Crippen LogP contribution in [0.15, 0.2) is 53.9 Å². The number of nitrogens with one attached hydrogen (secondary N) is 1. The van der Waals surface area contributed by atoms with E-state index < -0.39 is 0 Å². The monoisotopic (exact) mass is 448 g/mol. The molecule has 1 amide bonds. The van der Waals surface area contributed by atoms with Crippen molar-refractivity contribution in [2.24, 2.45) is 0 Å². The zero-order chi connectivity index (χ0) is 19.7. The minimum atomic E-state index is -0.350. The molecule has 9 heteroatoms. The molecule has 0 bridgehead atoms. The van der Waals surface area contributed by atoms with Gasteiger partial charge in [-0.3, -0.25) is 10.1 Å². The van der Waals surface area contributed by atoms with Crippen LogP contribution in [0.4, 0.5) is 5.95 Å². The van der Waals surface area contributed by atoms with E-state index in [0.717, 1.165) is 16.8 Å². The molecule has 0 aliphatic carbocycles. The summed E-state index contributed by atoms with van der Waals surface area (Å²) in [6, 6.07) is 12.6. The molecule has 5 nitrogen and oxygen atoms in total. The number of hydrogen-bond donors (Lipinski definition) is 1. The van der Waals surface area contributed by atoms with Gasteiger partial charge in [0.25, 0.3) is 11.9 Å². The summed E-state index contributed by atoms with van der Waals surface area (Å²) in [7, 11) is 0. The first-order valence-electron chi connectivity index (χ1n) is 8.04. The van der Waals surface area contributed by atoms with Crippen LogP contribution in [0.2, 0.25) is 15.1 Å². The minimum Gasteiger partial charge on any atom is -0.290 e. The summed E-state index contributed by atoms with van der Waals surface area (Å²) in [4.78, 5) is 17.2. The van der Waals surface area contributed by atoms with Crippen LogP contribution in [0.1, 0.15) is 5.56 Å². The molecule has 0 radical (unpaired) electrons. The number of fused-ring (bicyclic) bond motifs is 1. The molecule has 0 saturated carbocycles. The molecule has 4 aromatic rings. The van der Waals surface area contributed by atoms with Gasteiger partial charge in [0.05, 0.1) is 15.7 Å². The number of thiazole rings is 1. The number of hydrogen-bond acceptors (Lipinski definition) is 4. The van der Waals surface area contributed by atoms with Gasteiger partial charge in [0, 0.05) is 22.0 Å². The van der Waals surface area contributed by atoms with E-state index in [1.165, 1.54) is 17.4 Å². The zero-order valence-electron chi connectivity index (χ0n) is 14.1. The maximum absolute atomic E-state index is 12.2. The molecule has 0 saturated heterocycles. The first-order valence-corrected chi connectivity index (χ1v) is 10.1. The van der Waals surface area contributed by atoms with E-state index in [-0.39, 0.29) is 11.9 Å². The van der Waals surface area contributed by atoms with Crippen molar-refractivity contribution in [2.45, 2.75) is 0 Å². The van der Waals surface area contributed by atoms with Gasteiger partial charge in [-0.2, -0.15) is 4.98 Å². The van der Waals surface area contributed by atoms with Crippen molar-refractivity contribution in [3.63, 3.8) is 0 Å². The van der Waals surface area contributed by atoms with Crippen LogP contribution in [0.25, 0.3) is 22.3 Å².